The highest BCUT2D eigenvalue weighted by Crippen LogP contribution is 2.39. The molecular weight excluding hydrogens is 384 g/mol. The summed E-state index contributed by atoms with van der Waals surface area (Å²) in [6, 6.07) is 5.09. The van der Waals surface area contributed by atoms with Gasteiger partial charge in [0.05, 0.1) is 11.5 Å². The molecule has 0 amide bonds. The van der Waals surface area contributed by atoms with Gasteiger partial charge in [0.2, 0.25) is 5.95 Å². The molecule has 2 aliphatic heterocycles. The van der Waals surface area contributed by atoms with Gasteiger partial charge in [-0.25, -0.2) is 4.98 Å². The molecule has 2 aromatic rings. The molecule has 9 heteroatoms. The Morgan fingerprint density at radius 3 is 2.86 bits per heavy atom. The lowest BCUT2D eigenvalue weighted by molar-refractivity contribution is 0.315. The number of rotatable bonds is 5. The van der Waals surface area contributed by atoms with Crippen LogP contribution in [-0.4, -0.2) is 52.4 Å². The number of aromatic nitrogens is 2. The average Bonchev–Trinajstić information content (AvgIpc) is 3.44. The SMILES string of the molecule is CC1CC(Nc2nc(N[C@@H]3C[C@@H]4CN(CCC#N)C[C@@H]4C3)nc3sccc23)=NN1. The van der Waals surface area contributed by atoms with Crippen LogP contribution in [0.4, 0.5) is 11.8 Å². The van der Waals surface area contributed by atoms with Crippen molar-refractivity contribution in [2.45, 2.75) is 44.7 Å². The van der Waals surface area contributed by atoms with Gasteiger partial charge in [0.15, 0.2) is 0 Å². The third-order valence-corrected chi connectivity index (χ3v) is 7.01. The van der Waals surface area contributed by atoms with Gasteiger partial charge in [-0.05, 0) is 43.0 Å². The highest BCUT2D eigenvalue weighted by molar-refractivity contribution is 7.16. The van der Waals surface area contributed by atoms with Crippen LogP contribution in [-0.2, 0) is 0 Å². The first-order valence-corrected chi connectivity index (χ1v) is 11.3. The van der Waals surface area contributed by atoms with Gasteiger partial charge >= 0.3 is 0 Å². The highest BCUT2D eigenvalue weighted by Gasteiger charge is 2.40. The number of hydrazone groups is 1. The van der Waals surface area contributed by atoms with Crippen molar-refractivity contribution in [2.75, 3.05) is 30.3 Å². The molecule has 29 heavy (non-hydrogen) atoms. The summed E-state index contributed by atoms with van der Waals surface area (Å²) in [6.45, 7) is 5.26. The van der Waals surface area contributed by atoms with Crippen LogP contribution in [0.3, 0.4) is 0 Å². The molecule has 1 aliphatic carbocycles. The van der Waals surface area contributed by atoms with E-state index in [0.717, 1.165) is 72.6 Å². The average molecular weight is 411 g/mol. The largest absolute Gasteiger partial charge is 0.351 e. The van der Waals surface area contributed by atoms with Crippen molar-refractivity contribution in [1.82, 2.24) is 20.3 Å². The summed E-state index contributed by atoms with van der Waals surface area (Å²) in [5.74, 6) is 3.88. The molecule has 1 saturated carbocycles. The smallest absolute Gasteiger partial charge is 0.226 e. The minimum absolute atomic E-state index is 0.348. The minimum Gasteiger partial charge on any atom is -0.351 e. The van der Waals surface area contributed by atoms with Crippen LogP contribution in [0, 0.1) is 23.2 Å². The number of amidine groups is 1. The first-order valence-electron chi connectivity index (χ1n) is 10.4. The van der Waals surface area contributed by atoms with E-state index in [4.69, 9.17) is 15.2 Å². The number of fused-ring (bicyclic) bond motifs is 2. The van der Waals surface area contributed by atoms with Crippen LogP contribution in [0.15, 0.2) is 16.5 Å². The zero-order valence-electron chi connectivity index (χ0n) is 16.6. The number of nitriles is 1. The highest BCUT2D eigenvalue weighted by atomic mass is 32.1. The summed E-state index contributed by atoms with van der Waals surface area (Å²) in [5, 5.41) is 23.3. The molecular formula is C20H26N8S. The molecule has 152 valence electrons. The number of thiophene rings is 1. The van der Waals surface area contributed by atoms with Crippen molar-refractivity contribution in [3.63, 3.8) is 0 Å². The normalized spacial score (nSPS) is 28.8. The number of nitrogens with one attached hydrogen (secondary N) is 3. The summed E-state index contributed by atoms with van der Waals surface area (Å²) >= 11 is 1.64. The predicted molar refractivity (Wildman–Crippen MR) is 116 cm³/mol. The molecule has 5 rings (SSSR count). The number of hydrogen-bond donors (Lipinski definition) is 3. The lowest BCUT2D eigenvalue weighted by atomic mass is 10.0. The third-order valence-electron chi connectivity index (χ3n) is 6.21. The van der Waals surface area contributed by atoms with E-state index >= 15 is 0 Å². The number of hydrogen-bond acceptors (Lipinski definition) is 9. The van der Waals surface area contributed by atoms with E-state index in [1.807, 2.05) is 0 Å². The van der Waals surface area contributed by atoms with Crippen molar-refractivity contribution < 1.29 is 0 Å². The first-order chi connectivity index (χ1) is 14.2. The summed E-state index contributed by atoms with van der Waals surface area (Å²) in [5.41, 5.74) is 3.09. The van der Waals surface area contributed by atoms with Gasteiger partial charge in [-0.3, -0.25) is 0 Å². The van der Waals surface area contributed by atoms with Gasteiger partial charge in [-0.15, -0.1) is 11.3 Å². The maximum atomic E-state index is 8.80. The molecule has 1 unspecified atom stereocenters. The van der Waals surface area contributed by atoms with Gasteiger partial charge in [0.25, 0.3) is 0 Å². The lowest BCUT2D eigenvalue weighted by Gasteiger charge is -2.19. The fraction of sp³-hybridized carbons (Fsp3) is 0.600. The van der Waals surface area contributed by atoms with E-state index in [-0.39, 0.29) is 0 Å². The second-order valence-corrected chi connectivity index (χ2v) is 9.35. The Morgan fingerprint density at radius 1 is 1.31 bits per heavy atom. The molecule has 2 aromatic heterocycles. The second-order valence-electron chi connectivity index (χ2n) is 8.45. The molecule has 4 heterocycles. The Balaban J connectivity index is 1.27. The van der Waals surface area contributed by atoms with Crippen molar-refractivity contribution in [2.24, 2.45) is 16.9 Å². The molecule has 4 atom stereocenters. The van der Waals surface area contributed by atoms with E-state index in [2.05, 4.69) is 50.5 Å². The van der Waals surface area contributed by atoms with Gasteiger partial charge < -0.3 is 21.0 Å². The van der Waals surface area contributed by atoms with Crippen molar-refractivity contribution in [1.29, 1.82) is 5.26 Å². The van der Waals surface area contributed by atoms with E-state index in [0.29, 0.717) is 24.5 Å². The molecule has 8 nitrogen and oxygen atoms in total. The predicted octanol–water partition coefficient (Wildman–Crippen LogP) is 2.83. The second kappa shape index (κ2) is 7.76. The van der Waals surface area contributed by atoms with Crippen LogP contribution in [0.1, 0.15) is 32.6 Å². The molecule has 0 spiro atoms. The maximum absolute atomic E-state index is 8.80. The lowest BCUT2D eigenvalue weighted by Crippen LogP contribution is -2.26. The summed E-state index contributed by atoms with van der Waals surface area (Å²) in [4.78, 5) is 13.0. The van der Waals surface area contributed by atoms with Gasteiger partial charge in [-0.1, -0.05) is 0 Å². The molecule has 1 saturated heterocycles. The Kier molecular flexibility index (Phi) is 4.97. The van der Waals surface area contributed by atoms with E-state index < -0.39 is 0 Å². The topological polar surface area (TPSA) is 101 Å². The van der Waals surface area contributed by atoms with Crippen molar-refractivity contribution >= 4 is 39.2 Å². The standard InChI is InChI=1S/C20H26N8S/c1-12-7-17(27-26-12)23-18-16-3-6-29-19(16)25-20(24-18)22-15-8-13-10-28(5-2-4-21)11-14(13)9-15/h3,6,12-15,26H,2,5,7-11H2,1H3,(H2,22,23,24,25,27)/t12?,13-,14+,15-. The minimum atomic E-state index is 0.348. The first kappa shape index (κ1) is 18.6. The Hall–Kier alpha value is -2.44. The quantitative estimate of drug-likeness (QED) is 0.697. The van der Waals surface area contributed by atoms with Gasteiger partial charge in [-0.2, -0.15) is 15.3 Å². The fourth-order valence-corrected chi connectivity index (χ4v) is 5.65. The summed E-state index contributed by atoms with van der Waals surface area (Å²) < 4.78 is 0. The van der Waals surface area contributed by atoms with Crippen LogP contribution in [0.2, 0.25) is 0 Å². The van der Waals surface area contributed by atoms with Crippen molar-refractivity contribution in [3.05, 3.63) is 11.4 Å². The number of anilines is 2. The van der Waals surface area contributed by atoms with E-state index in [1.165, 1.54) is 0 Å². The van der Waals surface area contributed by atoms with Crippen molar-refractivity contribution in [3.8, 4) is 6.07 Å². The Morgan fingerprint density at radius 2 is 2.14 bits per heavy atom. The van der Waals surface area contributed by atoms with Gasteiger partial charge in [0, 0.05) is 44.6 Å². The van der Waals surface area contributed by atoms with E-state index in [1.54, 1.807) is 11.3 Å². The molecule has 2 fully saturated rings. The zero-order valence-corrected chi connectivity index (χ0v) is 17.4. The Bertz CT molecular complexity index is 949. The summed E-state index contributed by atoms with van der Waals surface area (Å²) in [6.07, 6.45) is 3.80. The fourth-order valence-electron chi connectivity index (χ4n) is 4.89. The number of nitrogens with zero attached hydrogens (tertiary/aromatic N) is 5. The third kappa shape index (κ3) is 3.87. The van der Waals surface area contributed by atoms with Crippen LogP contribution in [0.25, 0.3) is 10.2 Å². The zero-order chi connectivity index (χ0) is 19.8. The van der Waals surface area contributed by atoms with E-state index in [9.17, 15) is 0 Å². The van der Waals surface area contributed by atoms with Crippen LogP contribution < -0.4 is 16.1 Å². The maximum Gasteiger partial charge on any atom is 0.226 e. The molecule has 3 aliphatic rings. The molecule has 0 aromatic carbocycles. The summed E-state index contributed by atoms with van der Waals surface area (Å²) in [7, 11) is 0. The van der Waals surface area contributed by atoms with Crippen LogP contribution in [0.5, 0.6) is 0 Å². The molecule has 0 radical (unpaired) electrons. The van der Waals surface area contributed by atoms with Crippen LogP contribution >= 0.6 is 11.3 Å². The number of likely N-dealkylation sites (tertiary alicyclic amines) is 1. The van der Waals surface area contributed by atoms with Gasteiger partial charge in [0.1, 0.15) is 16.5 Å². The molecule has 3 N–H and O–H groups in total. The Labute approximate surface area is 174 Å². The molecule has 0 bridgehead atoms. The monoisotopic (exact) mass is 410 g/mol.